The minimum absolute atomic E-state index is 0.116. The van der Waals surface area contributed by atoms with Gasteiger partial charge >= 0.3 is 5.97 Å². The number of aliphatic carboxylic acids is 1. The van der Waals surface area contributed by atoms with E-state index in [9.17, 15) is 14.3 Å². The molecule has 0 fully saturated rings. The maximum atomic E-state index is 14.0. The van der Waals surface area contributed by atoms with Gasteiger partial charge in [0, 0.05) is 21.5 Å². The molecule has 1 aromatic heterocycles. The maximum absolute atomic E-state index is 14.0. The number of hydrogen-bond acceptors (Lipinski definition) is 3. The van der Waals surface area contributed by atoms with Gasteiger partial charge < -0.3 is 5.11 Å². The first-order valence-electron chi connectivity index (χ1n) is 5.90. The highest BCUT2D eigenvalue weighted by Crippen LogP contribution is 2.27. The molecular weight excluding hydrogens is 345 g/mol. The van der Waals surface area contributed by atoms with Crippen LogP contribution in [0.4, 0.5) is 4.39 Å². The lowest BCUT2D eigenvalue weighted by molar-refractivity contribution is -0.144. The third-order valence-electron chi connectivity index (χ3n) is 3.09. The Morgan fingerprint density at radius 3 is 2.80 bits per heavy atom. The van der Waals surface area contributed by atoms with Gasteiger partial charge in [0.05, 0.1) is 0 Å². The molecule has 2 rings (SSSR count). The van der Waals surface area contributed by atoms with E-state index in [1.165, 1.54) is 30.4 Å². The topological polar surface area (TPSA) is 49.3 Å². The lowest BCUT2D eigenvalue weighted by Gasteiger charge is -2.27. The summed E-state index contributed by atoms with van der Waals surface area (Å²) < 4.78 is 14.6. The molecule has 0 aliphatic carbocycles. The molecule has 6 heteroatoms. The van der Waals surface area contributed by atoms with Gasteiger partial charge in [-0.15, -0.1) is 11.3 Å². The van der Waals surface area contributed by atoms with Crippen molar-refractivity contribution in [1.29, 1.82) is 0 Å². The largest absolute Gasteiger partial charge is 0.480 e. The van der Waals surface area contributed by atoms with Crippen LogP contribution in [0.25, 0.3) is 0 Å². The molecule has 20 heavy (non-hydrogen) atoms. The summed E-state index contributed by atoms with van der Waals surface area (Å²) in [6.45, 7) is 1.84. The SMILES string of the molecule is CC(NCc1cccs1)(C(=O)O)c1ccc(Br)cc1F. The fourth-order valence-corrected chi connectivity index (χ4v) is 2.84. The van der Waals surface area contributed by atoms with Crippen molar-refractivity contribution < 1.29 is 14.3 Å². The second-order valence-electron chi connectivity index (χ2n) is 4.49. The van der Waals surface area contributed by atoms with E-state index in [1.54, 1.807) is 6.07 Å². The molecule has 2 N–H and O–H groups in total. The Kier molecular flexibility index (Phi) is 4.57. The van der Waals surface area contributed by atoms with Crippen molar-refractivity contribution in [2.45, 2.75) is 19.0 Å². The quantitative estimate of drug-likeness (QED) is 0.856. The molecule has 0 radical (unpaired) electrons. The van der Waals surface area contributed by atoms with Crippen LogP contribution >= 0.6 is 27.3 Å². The van der Waals surface area contributed by atoms with Gasteiger partial charge in [-0.05, 0) is 30.5 Å². The van der Waals surface area contributed by atoms with Crippen molar-refractivity contribution in [2.75, 3.05) is 0 Å². The molecule has 0 saturated heterocycles. The van der Waals surface area contributed by atoms with Crippen LogP contribution in [0.1, 0.15) is 17.4 Å². The van der Waals surface area contributed by atoms with E-state index >= 15 is 0 Å². The van der Waals surface area contributed by atoms with E-state index in [-0.39, 0.29) is 5.56 Å². The Morgan fingerprint density at radius 2 is 2.25 bits per heavy atom. The summed E-state index contributed by atoms with van der Waals surface area (Å²) >= 11 is 4.68. The Hall–Kier alpha value is -1.24. The van der Waals surface area contributed by atoms with Crippen molar-refractivity contribution in [1.82, 2.24) is 5.32 Å². The van der Waals surface area contributed by atoms with E-state index in [0.29, 0.717) is 11.0 Å². The number of carboxylic acid groups (broad SMARTS) is 1. The van der Waals surface area contributed by atoms with Crippen molar-refractivity contribution in [3.05, 3.63) is 56.4 Å². The van der Waals surface area contributed by atoms with Gasteiger partial charge in [-0.2, -0.15) is 0 Å². The summed E-state index contributed by atoms with van der Waals surface area (Å²) in [7, 11) is 0. The van der Waals surface area contributed by atoms with E-state index in [0.717, 1.165) is 4.88 Å². The second kappa shape index (κ2) is 6.03. The van der Waals surface area contributed by atoms with Gasteiger partial charge in [0.25, 0.3) is 0 Å². The van der Waals surface area contributed by atoms with Gasteiger partial charge in [-0.25, -0.2) is 9.18 Å². The summed E-state index contributed by atoms with van der Waals surface area (Å²) in [5.74, 6) is -1.67. The zero-order chi connectivity index (χ0) is 14.8. The molecule has 0 saturated carbocycles. The number of halogens is 2. The third-order valence-corrected chi connectivity index (χ3v) is 4.46. The van der Waals surface area contributed by atoms with Crippen LogP contribution in [0.15, 0.2) is 40.2 Å². The average molecular weight is 358 g/mol. The zero-order valence-electron chi connectivity index (χ0n) is 10.7. The molecule has 0 aliphatic heterocycles. The molecule has 0 aliphatic rings. The Labute approximate surface area is 128 Å². The predicted molar refractivity (Wildman–Crippen MR) is 80.2 cm³/mol. The highest BCUT2D eigenvalue weighted by Gasteiger charge is 2.37. The van der Waals surface area contributed by atoms with Crippen LogP contribution in [0.5, 0.6) is 0 Å². The van der Waals surface area contributed by atoms with Crippen LogP contribution in [-0.4, -0.2) is 11.1 Å². The molecule has 1 atom stereocenters. The Morgan fingerprint density at radius 1 is 1.50 bits per heavy atom. The lowest BCUT2D eigenvalue weighted by Crippen LogP contribution is -2.46. The zero-order valence-corrected chi connectivity index (χ0v) is 13.1. The monoisotopic (exact) mass is 357 g/mol. The number of nitrogens with one attached hydrogen (secondary N) is 1. The molecule has 1 heterocycles. The van der Waals surface area contributed by atoms with Gasteiger partial charge in [0.2, 0.25) is 0 Å². The van der Waals surface area contributed by atoms with Gasteiger partial charge in [0.1, 0.15) is 11.4 Å². The fraction of sp³-hybridized carbons (Fsp3) is 0.214. The number of rotatable bonds is 5. The van der Waals surface area contributed by atoms with Crippen LogP contribution in [0, 0.1) is 5.82 Å². The molecule has 0 bridgehead atoms. The molecule has 0 amide bonds. The lowest BCUT2D eigenvalue weighted by atomic mass is 9.91. The number of carbonyl (C=O) groups is 1. The number of hydrogen-bond donors (Lipinski definition) is 2. The normalized spacial score (nSPS) is 13.9. The number of benzene rings is 1. The highest BCUT2D eigenvalue weighted by atomic mass is 79.9. The van der Waals surface area contributed by atoms with E-state index in [1.807, 2.05) is 17.5 Å². The fourth-order valence-electron chi connectivity index (χ4n) is 1.86. The van der Waals surface area contributed by atoms with Crippen LogP contribution in [0.3, 0.4) is 0 Å². The molecule has 106 valence electrons. The smallest absolute Gasteiger partial charge is 0.328 e. The Bertz CT molecular complexity index is 618. The van der Waals surface area contributed by atoms with E-state index < -0.39 is 17.3 Å². The highest BCUT2D eigenvalue weighted by molar-refractivity contribution is 9.10. The second-order valence-corrected chi connectivity index (χ2v) is 6.44. The summed E-state index contributed by atoms with van der Waals surface area (Å²) in [4.78, 5) is 12.6. The number of carboxylic acids is 1. The van der Waals surface area contributed by atoms with Crippen LogP contribution in [0.2, 0.25) is 0 Å². The van der Waals surface area contributed by atoms with E-state index in [2.05, 4.69) is 21.2 Å². The molecule has 0 spiro atoms. The maximum Gasteiger partial charge on any atom is 0.328 e. The predicted octanol–water partition coefficient (Wildman–Crippen LogP) is 3.74. The van der Waals surface area contributed by atoms with Crippen molar-refractivity contribution in [3.63, 3.8) is 0 Å². The van der Waals surface area contributed by atoms with Gasteiger partial charge in [-0.3, -0.25) is 5.32 Å². The average Bonchev–Trinajstić information content (AvgIpc) is 2.88. The molecular formula is C14H13BrFNO2S. The Balaban J connectivity index is 2.31. The van der Waals surface area contributed by atoms with Crippen LogP contribution < -0.4 is 5.32 Å². The summed E-state index contributed by atoms with van der Waals surface area (Å²) in [5.41, 5.74) is -1.36. The molecule has 1 aromatic carbocycles. The third kappa shape index (κ3) is 3.08. The minimum Gasteiger partial charge on any atom is -0.480 e. The van der Waals surface area contributed by atoms with Crippen LogP contribution in [-0.2, 0) is 16.9 Å². The van der Waals surface area contributed by atoms with Gasteiger partial charge in [0.15, 0.2) is 0 Å². The van der Waals surface area contributed by atoms with Crippen molar-refractivity contribution in [2.24, 2.45) is 0 Å². The standard InChI is InChI=1S/C14H13BrFNO2S/c1-14(13(18)19,17-8-10-3-2-6-20-10)11-5-4-9(15)7-12(11)16/h2-7,17H,8H2,1H3,(H,18,19). The first-order valence-corrected chi connectivity index (χ1v) is 7.57. The van der Waals surface area contributed by atoms with Crippen molar-refractivity contribution in [3.8, 4) is 0 Å². The summed E-state index contributed by atoms with van der Waals surface area (Å²) in [5, 5.41) is 14.3. The molecule has 2 aromatic rings. The van der Waals surface area contributed by atoms with E-state index in [4.69, 9.17) is 0 Å². The molecule has 3 nitrogen and oxygen atoms in total. The summed E-state index contributed by atoms with van der Waals surface area (Å²) in [6.07, 6.45) is 0. The minimum atomic E-state index is -1.48. The first-order chi connectivity index (χ1) is 9.43. The van der Waals surface area contributed by atoms with Gasteiger partial charge in [-0.1, -0.05) is 28.1 Å². The number of thiophene rings is 1. The van der Waals surface area contributed by atoms with Crippen molar-refractivity contribution >= 4 is 33.2 Å². The molecule has 1 unspecified atom stereocenters. The first kappa shape index (κ1) is 15.2. The summed E-state index contributed by atoms with van der Waals surface area (Å²) in [6, 6.07) is 8.17.